The van der Waals surface area contributed by atoms with Gasteiger partial charge in [-0.1, -0.05) is 12.2 Å². The third-order valence-corrected chi connectivity index (χ3v) is 4.06. The Morgan fingerprint density at radius 3 is 2.47 bits per heavy atom. The highest BCUT2D eigenvalue weighted by atomic mass is 32.2. The van der Waals surface area contributed by atoms with Crippen molar-refractivity contribution in [3.05, 3.63) is 40.5 Å². The van der Waals surface area contributed by atoms with Gasteiger partial charge >= 0.3 is 0 Å². The van der Waals surface area contributed by atoms with E-state index in [1.54, 1.807) is 0 Å². The van der Waals surface area contributed by atoms with E-state index in [-0.39, 0.29) is 10.9 Å². The van der Waals surface area contributed by atoms with E-state index in [2.05, 4.69) is 5.32 Å². The van der Waals surface area contributed by atoms with Gasteiger partial charge in [-0.05, 0) is 25.0 Å². The quantitative estimate of drug-likeness (QED) is 0.519. The zero-order valence-corrected chi connectivity index (χ0v) is 11.2. The Morgan fingerprint density at radius 1 is 1.32 bits per heavy atom. The fraction of sp³-hybridized carbons (Fsp3) is 0.333. The zero-order valence-electron chi connectivity index (χ0n) is 10.4. The molecule has 0 aliphatic heterocycles. The van der Waals surface area contributed by atoms with Crippen LogP contribution in [0.5, 0.6) is 0 Å². The summed E-state index contributed by atoms with van der Waals surface area (Å²) < 4.78 is 23.2. The second-order valence-corrected chi connectivity index (χ2v) is 6.48. The van der Waals surface area contributed by atoms with E-state index in [1.807, 2.05) is 12.2 Å². The highest BCUT2D eigenvalue weighted by Crippen LogP contribution is 2.28. The Labute approximate surface area is 111 Å². The maximum absolute atomic E-state index is 11.6. The van der Waals surface area contributed by atoms with Crippen LogP contribution < -0.4 is 5.32 Å². The van der Waals surface area contributed by atoms with Gasteiger partial charge in [-0.3, -0.25) is 10.1 Å². The lowest BCUT2D eigenvalue weighted by atomic mass is 10.2. The molecule has 1 aromatic carbocycles. The second-order valence-electron chi connectivity index (χ2n) is 4.50. The molecule has 1 aromatic rings. The van der Waals surface area contributed by atoms with Gasteiger partial charge in [0.1, 0.15) is 4.90 Å². The predicted octanol–water partition coefficient (Wildman–Crippen LogP) is 2.13. The monoisotopic (exact) mass is 282 g/mol. The van der Waals surface area contributed by atoms with Crippen molar-refractivity contribution in [2.75, 3.05) is 11.6 Å². The van der Waals surface area contributed by atoms with Crippen molar-refractivity contribution in [1.29, 1.82) is 0 Å². The molecule has 0 heterocycles. The summed E-state index contributed by atoms with van der Waals surface area (Å²) in [7, 11) is -3.63. The average molecular weight is 282 g/mol. The summed E-state index contributed by atoms with van der Waals surface area (Å²) in [4.78, 5) is 9.90. The molecule has 0 atom stereocenters. The molecule has 19 heavy (non-hydrogen) atoms. The molecule has 2 rings (SSSR count). The number of hydrogen-bond donors (Lipinski definition) is 1. The van der Waals surface area contributed by atoms with Gasteiger partial charge < -0.3 is 5.32 Å². The van der Waals surface area contributed by atoms with Crippen LogP contribution >= 0.6 is 0 Å². The van der Waals surface area contributed by atoms with Gasteiger partial charge in [0.15, 0.2) is 9.84 Å². The average Bonchev–Trinajstić information content (AvgIpc) is 2.80. The fourth-order valence-corrected chi connectivity index (χ4v) is 2.89. The smallest absolute Gasteiger partial charge is 0.288 e. The van der Waals surface area contributed by atoms with Crippen molar-refractivity contribution in [3.63, 3.8) is 0 Å². The first kappa shape index (κ1) is 13.5. The van der Waals surface area contributed by atoms with E-state index in [0.29, 0.717) is 5.69 Å². The van der Waals surface area contributed by atoms with Crippen molar-refractivity contribution >= 4 is 21.2 Å². The number of hydrogen-bond acceptors (Lipinski definition) is 5. The molecule has 1 N–H and O–H groups in total. The third-order valence-electron chi connectivity index (χ3n) is 2.93. The fourth-order valence-electron chi connectivity index (χ4n) is 2.02. The van der Waals surface area contributed by atoms with Crippen LogP contribution in [0.4, 0.5) is 11.4 Å². The first-order chi connectivity index (χ1) is 8.88. The minimum Gasteiger partial charge on any atom is -0.382 e. The molecule has 7 heteroatoms. The molecular formula is C12H14N2O4S. The molecule has 6 nitrogen and oxygen atoms in total. The lowest BCUT2D eigenvalue weighted by Gasteiger charge is -2.14. The Bertz CT molecular complexity index is 629. The van der Waals surface area contributed by atoms with Gasteiger partial charge in [-0.25, -0.2) is 8.42 Å². The van der Waals surface area contributed by atoms with Gasteiger partial charge in [0, 0.05) is 24.1 Å². The Hall–Kier alpha value is -1.89. The van der Waals surface area contributed by atoms with Gasteiger partial charge in [0.2, 0.25) is 0 Å². The van der Waals surface area contributed by atoms with Crippen LogP contribution in [-0.2, 0) is 9.84 Å². The van der Waals surface area contributed by atoms with Gasteiger partial charge in [-0.15, -0.1) is 0 Å². The summed E-state index contributed by atoms with van der Waals surface area (Å²) in [5.74, 6) is 0. The van der Waals surface area contributed by atoms with Crippen LogP contribution in [0, 0.1) is 10.1 Å². The van der Waals surface area contributed by atoms with Crippen molar-refractivity contribution in [1.82, 2.24) is 0 Å². The number of rotatable bonds is 4. The van der Waals surface area contributed by atoms with Crippen LogP contribution in [0.1, 0.15) is 12.8 Å². The van der Waals surface area contributed by atoms with Crippen molar-refractivity contribution in [3.8, 4) is 0 Å². The number of benzene rings is 1. The summed E-state index contributed by atoms with van der Waals surface area (Å²) in [6.45, 7) is 0. The SMILES string of the molecule is CS(=O)(=O)c1cc(NC2CC=CC2)ccc1[N+](=O)[O-]. The normalized spacial score (nSPS) is 15.6. The number of nitrogens with one attached hydrogen (secondary N) is 1. The molecule has 0 bridgehead atoms. The topological polar surface area (TPSA) is 89.3 Å². The highest BCUT2D eigenvalue weighted by molar-refractivity contribution is 7.90. The molecule has 1 aliphatic rings. The minimum absolute atomic E-state index is 0.217. The maximum Gasteiger partial charge on any atom is 0.288 e. The van der Waals surface area contributed by atoms with Gasteiger partial charge in [-0.2, -0.15) is 0 Å². The number of nitro benzene ring substituents is 1. The number of nitro groups is 1. The molecule has 0 saturated carbocycles. The van der Waals surface area contributed by atoms with Crippen molar-refractivity contribution in [2.45, 2.75) is 23.8 Å². The Morgan fingerprint density at radius 2 is 1.95 bits per heavy atom. The largest absolute Gasteiger partial charge is 0.382 e. The van der Waals surface area contributed by atoms with Gasteiger partial charge in [0.05, 0.1) is 4.92 Å². The number of anilines is 1. The first-order valence-corrected chi connectivity index (χ1v) is 7.67. The van der Waals surface area contributed by atoms with Crippen LogP contribution in [0.3, 0.4) is 0 Å². The molecule has 102 valence electrons. The summed E-state index contributed by atoms with van der Waals surface area (Å²) in [5.41, 5.74) is 0.192. The molecule has 0 radical (unpaired) electrons. The minimum atomic E-state index is -3.63. The molecule has 1 aliphatic carbocycles. The third kappa shape index (κ3) is 3.11. The van der Waals surface area contributed by atoms with Crippen LogP contribution in [0.15, 0.2) is 35.2 Å². The second kappa shape index (κ2) is 5.00. The molecular weight excluding hydrogens is 268 g/mol. The van der Waals surface area contributed by atoms with Crippen molar-refractivity contribution < 1.29 is 13.3 Å². The zero-order chi connectivity index (χ0) is 14.0. The molecule has 0 amide bonds. The van der Waals surface area contributed by atoms with Crippen molar-refractivity contribution in [2.24, 2.45) is 0 Å². The molecule has 0 saturated heterocycles. The van der Waals surface area contributed by atoms with Crippen LogP contribution in [0.25, 0.3) is 0 Å². The Balaban J connectivity index is 2.35. The standard InChI is InChI=1S/C12H14N2O4S/c1-19(17,18)12-8-10(6-7-11(12)14(15)16)13-9-4-2-3-5-9/h2-3,6-9,13H,4-5H2,1H3. The summed E-state index contributed by atoms with van der Waals surface area (Å²) in [5, 5.41) is 14.0. The van der Waals surface area contributed by atoms with E-state index in [1.165, 1.54) is 18.2 Å². The van der Waals surface area contributed by atoms with E-state index in [9.17, 15) is 18.5 Å². The number of sulfone groups is 1. The predicted molar refractivity (Wildman–Crippen MR) is 72.0 cm³/mol. The molecule has 0 aromatic heterocycles. The lowest BCUT2D eigenvalue weighted by molar-refractivity contribution is -0.387. The first-order valence-electron chi connectivity index (χ1n) is 5.78. The molecule has 0 fully saturated rings. The summed E-state index contributed by atoms with van der Waals surface area (Å²) >= 11 is 0. The lowest BCUT2D eigenvalue weighted by Crippen LogP contribution is -2.15. The highest BCUT2D eigenvalue weighted by Gasteiger charge is 2.23. The van der Waals surface area contributed by atoms with E-state index in [0.717, 1.165) is 19.1 Å². The van der Waals surface area contributed by atoms with Crippen LogP contribution in [0.2, 0.25) is 0 Å². The van der Waals surface area contributed by atoms with Gasteiger partial charge in [0.25, 0.3) is 5.69 Å². The molecule has 0 spiro atoms. The summed E-state index contributed by atoms with van der Waals surface area (Å²) in [6.07, 6.45) is 6.79. The Kier molecular flexibility index (Phi) is 3.57. The summed E-state index contributed by atoms with van der Waals surface area (Å²) in [6, 6.07) is 4.30. The molecule has 0 unspecified atom stereocenters. The maximum atomic E-state index is 11.6. The van der Waals surface area contributed by atoms with Crippen LogP contribution in [-0.4, -0.2) is 25.6 Å². The number of nitrogens with zero attached hydrogens (tertiary/aromatic N) is 1. The van der Waals surface area contributed by atoms with E-state index < -0.39 is 20.4 Å². The van der Waals surface area contributed by atoms with E-state index >= 15 is 0 Å². The van der Waals surface area contributed by atoms with E-state index in [4.69, 9.17) is 0 Å².